The molecule has 4 bridgehead atoms. The maximum atomic E-state index is 13.8. The number of carbonyl (C=O) groups is 2. The average Bonchev–Trinajstić information content (AvgIpc) is 3.38. The van der Waals surface area contributed by atoms with Crippen molar-refractivity contribution in [2.75, 3.05) is 17.7 Å². The second-order valence-electron chi connectivity index (χ2n) is 10.9. The molecular formula is C28H26F3N3O3S. The summed E-state index contributed by atoms with van der Waals surface area (Å²) in [5, 5.41) is 5.81. The van der Waals surface area contributed by atoms with Gasteiger partial charge in [0.05, 0.1) is 28.1 Å². The van der Waals surface area contributed by atoms with Crippen LogP contribution in [-0.4, -0.2) is 24.1 Å². The highest BCUT2D eigenvalue weighted by Crippen LogP contribution is 2.66. The van der Waals surface area contributed by atoms with Crippen LogP contribution in [-0.2, 0) is 14.9 Å². The molecule has 4 fully saturated rings. The molecule has 4 aliphatic carbocycles. The lowest BCUT2D eigenvalue weighted by molar-refractivity contribution is -0.171. The zero-order valence-electron chi connectivity index (χ0n) is 20.7. The molecule has 2 atom stereocenters. The highest BCUT2D eigenvalue weighted by molar-refractivity contribution is 7.15. The lowest BCUT2D eigenvalue weighted by atomic mass is 9.44. The second-order valence-corrected chi connectivity index (χ2v) is 12.0. The molecule has 4 saturated carbocycles. The molecule has 198 valence electrons. The van der Waals surface area contributed by atoms with Gasteiger partial charge in [-0.3, -0.25) is 4.79 Å². The average molecular weight is 542 g/mol. The minimum absolute atomic E-state index is 0.0767. The summed E-state index contributed by atoms with van der Waals surface area (Å²) in [5.41, 5.74) is 0.435. The fraction of sp³-hybridized carbons (Fsp3) is 0.393. The number of methoxy groups -OCH3 is 1. The number of carbonyl (C=O) groups excluding carboxylic acids is 2. The van der Waals surface area contributed by atoms with Gasteiger partial charge >= 0.3 is 12.0 Å². The van der Waals surface area contributed by atoms with Crippen molar-refractivity contribution in [1.29, 1.82) is 0 Å². The van der Waals surface area contributed by atoms with Crippen molar-refractivity contribution in [3.8, 4) is 10.4 Å². The van der Waals surface area contributed by atoms with Gasteiger partial charge in [-0.2, -0.15) is 0 Å². The first-order chi connectivity index (χ1) is 18.2. The van der Waals surface area contributed by atoms with E-state index in [0.29, 0.717) is 29.7 Å². The minimum atomic E-state index is -1.33. The monoisotopic (exact) mass is 541 g/mol. The van der Waals surface area contributed by atoms with E-state index in [-0.39, 0.29) is 16.8 Å². The Morgan fingerprint density at radius 3 is 2.34 bits per heavy atom. The Labute approximate surface area is 221 Å². The summed E-state index contributed by atoms with van der Waals surface area (Å²) in [6.07, 6.45) is 7.80. The highest BCUT2D eigenvalue weighted by Gasteiger charge is 2.62. The maximum Gasteiger partial charge on any atom is 0.323 e. The van der Waals surface area contributed by atoms with Gasteiger partial charge in [0.15, 0.2) is 11.6 Å². The van der Waals surface area contributed by atoms with Crippen LogP contribution in [0.2, 0.25) is 0 Å². The minimum Gasteiger partial charge on any atom is -0.469 e. The van der Waals surface area contributed by atoms with Gasteiger partial charge in [-0.1, -0.05) is 12.1 Å². The molecule has 10 heteroatoms. The predicted octanol–water partition coefficient (Wildman–Crippen LogP) is 6.88. The first kappa shape index (κ1) is 24.9. The molecule has 0 aliphatic heterocycles. The van der Waals surface area contributed by atoms with Crippen LogP contribution in [0.15, 0.2) is 42.6 Å². The van der Waals surface area contributed by atoms with Gasteiger partial charge in [0, 0.05) is 29.4 Å². The Morgan fingerprint density at radius 1 is 0.974 bits per heavy atom. The van der Waals surface area contributed by atoms with E-state index in [0.717, 1.165) is 47.6 Å². The molecule has 2 amide bonds. The molecular weight excluding hydrogens is 515 g/mol. The fourth-order valence-electron chi connectivity index (χ4n) is 7.24. The van der Waals surface area contributed by atoms with Crippen molar-refractivity contribution < 1.29 is 27.5 Å². The van der Waals surface area contributed by atoms with Crippen LogP contribution in [0.4, 0.5) is 29.3 Å². The number of hydrogen-bond donors (Lipinski definition) is 2. The maximum absolute atomic E-state index is 13.8. The molecule has 3 aromatic rings. The fourth-order valence-corrected chi connectivity index (χ4v) is 8.37. The molecule has 2 N–H and O–H groups in total. The van der Waals surface area contributed by atoms with Crippen molar-refractivity contribution in [3.05, 3.63) is 65.1 Å². The molecule has 2 aromatic carbocycles. The zero-order chi connectivity index (χ0) is 26.7. The number of aromatic nitrogens is 1. The molecule has 2 unspecified atom stereocenters. The van der Waals surface area contributed by atoms with Gasteiger partial charge in [0.2, 0.25) is 0 Å². The van der Waals surface area contributed by atoms with E-state index in [2.05, 4.69) is 10.6 Å². The number of benzene rings is 2. The van der Waals surface area contributed by atoms with E-state index >= 15 is 0 Å². The van der Waals surface area contributed by atoms with Crippen LogP contribution in [0.3, 0.4) is 0 Å². The second kappa shape index (κ2) is 9.11. The number of anilines is 2. The Hall–Kier alpha value is -3.40. The van der Waals surface area contributed by atoms with E-state index in [9.17, 15) is 22.8 Å². The quantitative estimate of drug-likeness (QED) is 0.273. The standard InChI is InChI=1S/C28H26F3N3O3S/c1-37-25(35)28-11-15-6-16(12-28)10-27(9-15,14-28)24-32-13-23(38-24)17-2-4-18(5-3-17)33-26(36)34-22-8-20(30)19(29)7-21(22)31/h2-5,7-8,13,15-16H,6,9-12,14H2,1H3,(H2,33,34,36). The van der Waals surface area contributed by atoms with Crippen LogP contribution in [0.5, 0.6) is 0 Å². The Bertz CT molecular complexity index is 1410. The molecule has 1 aromatic heterocycles. The van der Waals surface area contributed by atoms with E-state index < -0.39 is 29.2 Å². The number of amides is 2. The van der Waals surface area contributed by atoms with Gasteiger partial charge in [-0.05, 0) is 68.1 Å². The number of nitrogens with zero attached hydrogens (tertiary/aromatic N) is 1. The molecule has 7 rings (SSSR count). The van der Waals surface area contributed by atoms with Crippen LogP contribution in [0, 0.1) is 34.7 Å². The number of urea groups is 1. The number of nitrogens with one attached hydrogen (secondary N) is 2. The summed E-state index contributed by atoms with van der Waals surface area (Å²) in [7, 11) is 1.48. The number of thiazole rings is 1. The van der Waals surface area contributed by atoms with Gasteiger partial charge < -0.3 is 15.4 Å². The first-order valence-corrected chi connectivity index (χ1v) is 13.4. The summed E-state index contributed by atoms with van der Waals surface area (Å²) in [6, 6.07) is 7.28. The van der Waals surface area contributed by atoms with Gasteiger partial charge in [0.25, 0.3) is 0 Å². The van der Waals surface area contributed by atoms with E-state index in [1.807, 2.05) is 18.3 Å². The van der Waals surface area contributed by atoms with E-state index in [1.54, 1.807) is 23.5 Å². The third-order valence-electron chi connectivity index (χ3n) is 8.32. The van der Waals surface area contributed by atoms with Crippen LogP contribution >= 0.6 is 11.3 Å². The van der Waals surface area contributed by atoms with Crippen LogP contribution in [0.25, 0.3) is 10.4 Å². The topological polar surface area (TPSA) is 80.3 Å². The highest BCUT2D eigenvalue weighted by atomic mass is 32.1. The summed E-state index contributed by atoms with van der Waals surface area (Å²) in [4.78, 5) is 30.9. The Morgan fingerprint density at radius 2 is 1.66 bits per heavy atom. The largest absolute Gasteiger partial charge is 0.469 e. The molecule has 0 radical (unpaired) electrons. The van der Waals surface area contributed by atoms with Crippen molar-refractivity contribution in [3.63, 3.8) is 0 Å². The van der Waals surface area contributed by atoms with Crippen LogP contribution in [0.1, 0.15) is 43.5 Å². The number of esters is 1. The zero-order valence-corrected chi connectivity index (χ0v) is 21.5. The predicted molar refractivity (Wildman–Crippen MR) is 137 cm³/mol. The number of rotatable bonds is 5. The smallest absolute Gasteiger partial charge is 0.323 e. The number of hydrogen-bond acceptors (Lipinski definition) is 5. The summed E-state index contributed by atoms with van der Waals surface area (Å²) in [5.74, 6) is -2.69. The van der Waals surface area contributed by atoms with Crippen LogP contribution < -0.4 is 10.6 Å². The van der Waals surface area contributed by atoms with E-state index in [1.165, 1.54) is 13.5 Å². The SMILES string of the molecule is COC(=O)C12CC3CC(C1)CC(c1ncc(-c4ccc(NC(=O)Nc5cc(F)c(F)cc5F)cc4)s1)(C3)C2. The molecule has 1 heterocycles. The summed E-state index contributed by atoms with van der Waals surface area (Å²) < 4.78 is 45.5. The molecule has 38 heavy (non-hydrogen) atoms. The lowest BCUT2D eigenvalue weighted by Gasteiger charge is -2.60. The van der Waals surface area contributed by atoms with Crippen molar-refractivity contribution in [1.82, 2.24) is 4.98 Å². The normalized spacial score (nSPS) is 27.3. The Kier molecular flexibility index (Phi) is 5.97. The van der Waals surface area contributed by atoms with Gasteiger partial charge in [-0.15, -0.1) is 11.3 Å². The number of ether oxygens (including phenoxy) is 1. The van der Waals surface area contributed by atoms with Gasteiger partial charge in [0.1, 0.15) is 5.82 Å². The summed E-state index contributed by atoms with van der Waals surface area (Å²) in [6.45, 7) is 0. The summed E-state index contributed by atoms with van der Waals surface area (Å²) >= 11 is 1.65. The Balaban J connectivity index is 1.16. The van der Waals surface area contributed by atoms with Gasteiger partial charge in [-0.25, -0.2) is 22.9 Å². The molecule has 4 aliphatic rings. The van der Waals surface area contributed by atoms with Crippen molar-refractivity contribution in [2.45, 2.75) is 43.9 Å². The molecule has 0 spiro atoms. The third-order valence-corrected chi connectivity index (χ3v) is 9.62. The first-order valence-electron chi connectivity index (χ1n) is 12.6. The van der Waals surface area contributed by atoms with Crippen molar-refractivity contribution in [2.24, 2.45) is 17.3 Å². The van der Waals surface area contributed by atoms with E-state index in [4.69, 9.17) is 9.72 Å². The molecule has 6 nitrogen and oxygen atoms in total. The lowest BCUT2D eigenvalue weighted by Crippen LogP contribution is -2.57. The third kappa shape index (κ3) is 4.24. The molecule has 0 saturated heterocycles. The van der Waals surface area contributed by atoms with Crippen molar-refractivity contribution >= 4 is 34.7 Å². The number of halogens is 3.